The second-order valence-corrected chi connectivity index (χ2v) is 3.85. The SMILES string of the molecule is CCNc1cc(CN(CC)CC(N)=O)ccn1. The van der Waals surface area contributed by atoms with Crippen LogP contribution in [0.5, 0.6) is 0 Å². The lowest BCUT2D eigenvalue weighted by Gasteiger charge is -2.18. The molecule has 0 bridgehead atoms. The molecule has 0 saturated heterocycles. The lowest BCUT2D eigenvalue weighted by atomic mass is 10.2. The Hall–Kier alpha value is -1.62. The molecule has 5 nitrogen and oxygen atoms in total. The second-order valence-electron chi connectivity index (χ2n) is 3.85. The molecular formula is C12H20N4O. The fourth-order valence-corrected chi connectivity index (χ4v) is 1.61. The second kappa shape index (κ2) is 6.85. The van der Waals surface area contributed by atoms with Crippen LogP contribution >= 0.6 is 0 Å². The predicted molar refractivity (Wildman–Crippen MR) is 68.5 cm³/mol. The summed E-state index contributed by atoms with van der Waals surface area (Å²) >= 11 is 0. The molecular weight excluding hydrogens is 216 g/mol. The van der Waals surface area contributed by atoms with Crippen molar-refractivity contribution in [3.8, 4) is 0 Å². The van der Waals surface area contributed by atoms with Crippen LogP contribution in [0.3, 0.4) is 0 Å². The van der Waals surface area contributed by atoms with Crippen LogP contribution in [0.25, 0.3) is 0 Å². The van der Waals surface area contributed by atoms with E-state index >= 15 is 0 Å². The van der Waals surface area contributed by atoms with E-state index < -0.39 is 0 Å². The number of likely N-dealkylation sites (N-methyl/N-ethyl adjacent to an activating group) is 1. The minimum Gasteiger partial charge on any atom is -0.370 e. The topological polar surface area (TPSA) is 71.2 Å². The molecule has 0 aromatic carbocycles. The predicted octanol–water partition coefficient (Wildman–Crippen LogP) is 0.821. The van der Waals surface area contributed by atoms with E-state index in [2.05, 4.69) is 10.3 Å². The van der Waals surface area contributed by atoms with E-state index in [9.17, 15) is 4.79 Å². The van der Waals surface area contributed by atoms with Crippen LogP contribution in [0.15, 0.2) is 18.3 Å². The molecule has 0 spiro atoms. The number of nitrogens with two attached hydrogens (primary N) is 1. The van der Waals surface area contributed by atoms with Gasteiger partial charge in [-0.05, 0) is 31.2 Å². The van der Waals surface area contributed by atoms with Crippen LogP contribution in [0, 0.1) is 0 Å². The lowest BCUT2D eigenvalue weighted by Crippen LogP contribution is -2.33. The first kappa shape index (κ1) is 13.4. The van der Waals surface area contributed by atoms with Crippen LogP contribution < -0.4 is 11.1 Å². The van der Waals surface area contributed by atoms with Crippen molar-refractivity contribution in [1.29, 1.82) is 0 Å². The number of carbonyl (C=O) groups excluding carboxylic acids is 1. The zero-order valence-electron chi connectivity index (χ0n) is 10.4. The Labute approximate surface area is 102 Å². The highest BCUT2D eigenvalue weighted by Crippen LogP contribution is 2.09. The van der Waals surface area contributed by atoms with Gasteiger partial charge in [0.15, 0.2) is 0 Å². The van der Waals surface area contributed by atoms with Crippen LogP contribution in [0.4, 0.5) is 5.82 Å². The Morgan fingerprint density at radius 1 is 1.53 bits per heavy atom. The molecule has 0 saturated carbocycles. The van der Waals surface area contributed by atoms with Gasteiger partial charge in [-0.1, -0.05) is 6.92 Å². The Balaban J connectivity index is 2.65. The minimum atomic E-state index is -0.298. The van der Waals surface area contributed by atoms with Crippen molar-refractivity contribution in [2.45, 2.75) is 20.4 Å². The van der Waals surface area contributed by atoms with E-state index in [1.165, 1.54) is 0 Å². The average molecular weight is 236 g/mol. The van der Waals surface area contributed by atoms with Crippen molar-refractivity contribution >= 4 is 11.7 Å². The lowest BCUT2D eigenvalue weighted by molar-refractivity contribution is -0.119. The Kier molecular flexibility index (Phi) is 5.42. The fourth-order valence-electron chi connectivity index (χ4n) is 1.61. The molecule has 0 aliphatic heterocycles. The molecule has 17 heavy (non-hydrogen) atoms. The van der Waals surface area contributed by atoms with E-state index in [4.69, 9.17) is 5.73 Å². The normalized spacial score (nSPS) is 10.5. The number of hydrogen-bond donors (Lipinski definition) is 2. The van der Waals surface area contributed by atoms with Crippen molar-refractivity contribution in [1.82, 2.24) is 9.88 Å². The van der Waals surface area contributed by atoms with Gasteiger partial charge in [-0.25, -0.2) is 4.98 Å². The monoisotopic (exact) mass is 236 g/mol. The molecule has 0 atom stereocenters. The Morgan fingerprint density at radius 3 is 2.88 bits per heavy atom. The van der Waals surface area contributed by atoms with Gasteiger partial charge in [-0.3, -0.25) is 9.69 Å². The molecule has 0 aliphatic rings. The highest BCUT2D eigenvalue weighted by molar-refractivity contribution is 5.75. The Bertz CT molecular complexity index is 367. The van der Waals surface area contributed by atoms with Gasteiger partial charge in [0.05, 0.1) is 6.54 Å². The quantitative estimate of drug-likeness (QED) is 0.735. The van der Waals surface area contributed by atoms with Crippen molar-refractivity contribution < 1.29 is 4.79 Å². The zero-order chi connectivity index (χ0) is 12.7. The van der Waals surface area contributed by atoms with Crippen LogP contribution in [-0.4, -0.2) is 35.4 Å². The summed E-state index contributed by atoms with van der Waals surface area (Å²) in [4.78, 5) is 17.1. The maximum atomic E-state index is 10.9. The van der Waals surface area contributed by atoms with Gasteiger partial charge < -0.3 is 11.1 Å². The number of pyridine rings is 1. The molecule has 0 aliphatic carbocycles. The molecule has 94 valence electrons. The van der Waals surface area contributed by atoms with Crippen molar-refractivity contribution in [3.63, 3.8) is 0 Å². The average Bonchev–Trinajstić information content (AvgIpc) is 2.28. The number of amides is 1. The van der Waals surface area contributed by atoms with Crippen LogP contribution in [0.1, 0.15) is 19.4 Å². The van der Waals surface area contributed by atoms with E-state index in [-0.39, 0.29) is 12.5 Å². The van der Waals surface area contributed by atoms with Gasteiger partial charge in [0.25, 0.3) is 0 Å². The third-order valence-corrected chi connectivity index (χ3v) is 2.42. The number of rotatable bonds is 7. The number of hydrogen-bond acceptors (Lipinski definition) is 4. The summed E-state index contributed by atoms with van der Waals surface area (Å²) in [5.41, 5.74) is 6.32. The summed E-state index contributed by atoms with van der Waals surface area (Å²) in [6.07, 6.45) is 1.77. The molecule has 0 unspecified atom stereocenters. The number of nitrogens with zero attached hydrogens (tertiary/aromatic N) is 2. The molecule has 0 radical (unpaired) electrons. The van der Waals surface area contributed by atoms with Crippen LogP contribution in [0.2, 0.25) is 0 Å². The molecule has 0 fully saturated rings. The molecule has 5 heteroatoms. The highest BCUT2D eigenvalue weighted by atomic mass is 16.1. The maximum absolute atomic E-state index is 10.9. The smallest absolute Gasteiger partial charge is 0.231 e. The summed E-state index contributed by atoms with van der Waals surface area (Å²) in [7, 11) is 0. The molecule has 1 heterocycles. The molecule has 3 N–H and O–H groups in total. The molecule has 1 amide bonds. The van der Waals surface area contributed by atoms with Gasteiger partial charge >= 0.3 is 0 Å². The first-order valence-corrected chi connectivity index (χ1v) is 5.85. The largest absolute Gasteiger partial charge is 0.370 e. The van der Waals surface area contributed by atoms with Gasteiger partial charge in [-0.15, -0.1) is 0 Å². The number of carbonyl (C=O) groups is 1. The van der Waals surface area contributed by atoms with Crippen LogP contribution in [-0.2, 0) is 11.3 Å². The van der Waals surface area contributed by atoms with E-state index in [1.807, 2.05) is 30.9 Å². The van der Waals surface area contributed by atoms with Crippen molar-refractivity contribution in [3.05, 3.63) is 23.9 Å². The molecule has 1 aromatic rings. The van der Waals surface area contributed by atoms with Gasteiger partial charge in [0, 0.05) is 19.3 Å². The van der Waals surface area contributed by atoms with E-state index in [0.717, 1.165) is 24.5 Å². The molecule has 1 rings (SSSR count). The minimum absolute atomic E-state index is 0.287. The van der Waals surface area contributed by atoms with E-state index in [1.54, 1.807) is 6.20 Å². The summed E-state index contributed by atoms with van der Waals surface area (Å²) < 4.78 is 0. The fraction of sp³-hybridized carbons (Fsp3) is 0.500. The van der Waals surface area contributed by atoms with Crippen molar-refractivity contribution in [2.75, 3.05) is 25.0 Å². The zero-order valence-corrected chi connectivity index (χ0v) is 10.4. The van der Waals surface area contributed by atoms with E-state index in [0.29, 0.717) is 6.54 Å². The maximum Gasteiger partial charge on any atom is 0.231 e. The third-order valence-electron chi connectivity index (χ3n) is 2.42. The van der Waals surface area contributed by atoms with Gasteiger partial charge in [0.2, 0.25) is 5.91 Å². The highest BCUT2D eigenvalue weighted by Gasteiger charge is 2.07. The van der Waals surface area contributed by atoms with Gasteiger partial charge in [-0.2, -0.15) is 0 Å². The Morgan fingerprint density at radius 2 is 2.29 bits per heavy atom. The van der Waals surface area contributed by atoms with Crippen molar-refractivity contribution in [2.24, 2.45) is 5.73 Å². The first-order chi connectivity index (χ1) is 8.15. The number of nitrogens with one attached hydrogen (secondary N) is 1. The number of primary amides is 1. The molecule has 1 aromatic heterocycles. The van der Waals surface area contributed by atoms with Gasteiger partial charge in [0.1, 0.15) is 5.82 Å². The summed E-state index contributed by atoms with van der Waals surface area (Å²) in [5, 5.41) is 3.16. The summed E-state index contributed by atoms with van der Waals surface area (Å²) in [6.45, 7) is 6.67. The first-order valence-electron chi connectivity index (χ1n) is 5.85. The summed E-state index contributed by atoms with van der Waals surface area (Å²) in [6, 6.07) is 3.94. The number of aromatic nitrogens is 1. The summed E-state index contributed by atoms with van der Waals surface area (Å²) in [5.74, 6) is 0.563. The standard InChI is InChI=1S/C12H20N4O/c1-3-14-12-7-10(5-6-15-12)8-16(4-2)9-11(13)17/h5-7H,3-4,8-9H2,1-2H3,(H2,13,17)(H,14,15). The third kappa shape index (κ3) is 4.82. The number of anilines is 1.